The molecule has 0 atom stereocenters. The number of halogens is 2. The Morgan fingerprint density at radius 1 is 0.600 bits per heavy atom. The highest BCUT2D eigenvalue weighted by molar-refractivity contribution is 9.10. The van der Waals surface area contributed by atoms with Crippen LogP contribution in [0.25, 0.3) is 0 Å². The van der Waals surface area contributed by atoms with Crippen molar-refractivity contribution in [2.45, 2.75) is 20.8 Å². The van der Waals surface area contributed by atoms with Gasteiger partial charge >= 0.3 is 0 Å². The third-order valence-corrected chi connectivity index (χ3v) is 4.57. The zero-order valence-electron chi connectivity index (χ0n) is 14.3. The molecule has 0 heterocycles. The van der Waals surface area contributed by atoms with Crippen LogP contribution in [0.2, 0.25) is 0 Å². The van der Waals surface area contributed by atoms with Crippen LogP contribution < -0.4 is 9.47 Å². The molecule has 0 radical (unpaired) electrons. The van der Waals surface area contributed by atoms with Crippen molar-refractivity contribution in [3.05, 3.63) is 80.2 Å². The predicted octanol–water partition coefficient (Wildman–Crippen LogP) is 7.72. The minimum atomic E-state index is 0.741. The summed E-state index contributed by atoms with van der Waals surface area (Å²) in [7, 11) is 0. The fourth-order valence-electron chi connectivity index (χ4n) is 2.54. The maximum atomic E-state index is 6.08. The Hall–Kier alpha value is -1.78. The summed E-state index contributed by atoms with van der Waals surface area (Å²) in [5.41, 5.74) is 3.33. The van der Waals surface area contributed by atoms with Crippen molar-refractivity contribution in [3.8, 4) is 23.0 Å². The van der Waals surface area contributed by atoms with Crippen LogP contribution in [0.5, 0.6) is 23.0 Å². The molecule has 3 aromatic rings. The first-order valence-electron chi connectivity index (χ1n) is 7.90. The number of hydrogen-bond donors (Lipinski definition) is 0. The fourth-order valence-corrected chi connectivity index (χ4v) is 3.71. The SMILES string of the molecule is Cc1cc(Br)cc(Oc2ccc(C)c(Oc3cc(C)cc(Br)c3)c2)c1. The Bertz CT molecular complexity index is 879. The molecule has 0 bridgehead atoms. The van der Waals surface area contributed by atoms with Crippen molar-refractivity contribution in [2.75, 3.05) is 0 Å². The minimum Gasteiger partial charge on any atom is -0.457 e. The van der Waals surface area contributed by atoms with Crippen LogP contribution in [-0.4, -0.2) is 0 Å². The van der Waals surface area contributed by atoms with E-state index in [4.69, 9.17) is 9.47 Å². The summed E-state index contributed by atoms with van der Waals surface area (Å²) >= 11 is 7.01. The first kappa shape index (κ1) is 18.0. The van der Waals surface area contributed by atoms with E-state index in [0.717, 1.165) is 48.6 Å². The van der Waals surface area contributed by atoms with Gasteiger partial charge in [0.25, 0.3) is 0 Å². The van der Waals surface area contributed by atoms with E-state index >= 15 is 0 Å². The minimum absolute atomic E-state index is 0.741. The van der Waals surface area contributed by atoms with Gasteiger partial charge in [-0.3, -0.25) is 0 Å². The molecule has 3 rings (SSSR count). The highest BCUT2D eigenvalue weighted by Crippen LogP contribution is 2.33. The van der Waals surface area contributed by atoms with E-state index < -0.39 is 0 Å². The van der Waals surface area contributed by atoms with Crippen LogP contribution in [0, 0.1) is 20.8 Å². The Balaban J connectivity index is 1.87. The van der Waals surface area contributed by atoms with Gasteiger partial charge in [-0.1, -0.05) is 37.9 Å². The summed E-state index contributed by atoms with van der Waals surface area (Å²) in [4.78, 5) is 0. The second-order valence-corrected chi connectivity index (χ2v) is 7.89. The van der Waals surface area contributed by atoms with Crippen molar-refractivity contribution in [1.82, 2.24) is 0 Å². The highest BCUT2D eigenvalue weighted by Gasteiger charge is 2.07. The Morgan fingerprint density at radius 3 is 1.72 bits per heavy atom. The molecule has 0 aromatic heterocycles. The summed E-state index contributed by atoms with van der Waals surface area (Å²) in [5.74, 6) is 3.11. The molecule has 0 unspecified atom stereocenters. The third-order valence-electron chi connectivity index (χ3n) is 3.65. The lowest BCUT2D eigenvalue weighted by Gasteiger charge is -2.13. The third kappa shape index (κ3) is 4.86. The van der Waals surface area contributed by atoms with E-state index in [2.05, 4.69) is 37.9 Å². The van der Waals surface area contributed by atoms with E-state index in [1.54, 1.807) is 0 Å². The van der Waals surface area contributed by atoms with E-state index in [9.17, 15) is 0 Å². The van der Waals surface area contributed by atoms with Gasteiger partial charge in [0.15, 0.2) is 0 Å². The van der Waals surface area contributed by atoms with Crippen LogP contribution in [-0.2, 0) is 0 Å². The molecule has 0 fully saturated rings. The topological polar surface area (TPSA) is 18.5 Å². The molecule has 128 valence electrons. The molecule has 0 aliphatic heterocycles. The molecule has 0 aliphatic carbocycles. The molecule has 0 aliphatic rings. The number of benzene rings is 3. The van der Waals surface area contributed by atoms with Crippen LogP contribution in [0.1, 0.15) is 16.7 Å². The van der Waals surface area contributed by atoms with Crippen molar-refractivity contribution < 1.29 is 9.47 Å². The lowest BCUT2D eigenvalue weighted by Crippen LogP contribution is -1.91. The van der Waals surface area contributed by atoms with Crippen molar-refractivity contribution in [2.24, 2.45) is 0 Å². The molecule has 0 N–H and O–H groups in total. The first-order chi connectivity index (χ1) is 11.9. The Labute approximate surface area is 165 Å². The number of rotatable bonds is 4. The van der Waals surface area contributed by atoms with E-state index in [0.29, 0.717) is 0 Å². The van der Waals surface area contributed by atoms with E-state index in [-0.39, 0.29) is 0 Å². The predicted molar refractivity (Wildman–Crippen MR) is 109 cm³/mol. The molecule has 25 heavy (non-hydrogen) atoms. The summed E-state index contributed by atoms with van der Waals surface area (Å²) in [6.07, 6.45) is 0. The Morgan fingerprint density at radius 2 is 1.16 bits per heavy atom. The van der Waals surface area contributed by atoms with Gasteiger partial charge in [-0.05, 0) is 79.9 Å². The maximum Gasteiger partial charge on any atom is 0.134 e. The van der Waals surface area contributed by atoms with E-state index in [1.165, 1.54) is 0 Å². The van der Waals surface area contributed by atoms with Crippen molar-refractivity contribution in [1.29, 1.82) is 0 Å². The first-order valence-corrected chi connectivity index (χ1v) is 9.48. The molecule has 0 spiro atoms. The van der Waals surface area contributed by atoms with Crippen LogP contribution in [0.3, 0.4) is 0 Å². The highest BCUT2D eigenvalue weighted by atomic mass is 79.9. The molecular weight excluding hydrogens is 444 g/mol. The lowest BCUT2D eigenvalue weighted by molar-refractivity contribution is 0.457. The van der Waals surface area contributed by atoms with Crippen LogP contribution in [0.15, 0.2) is 63.5 Å². The molecule has 0 saturated heterocycles. The average molecular weight is 462 g/mol. The van der Waals surface area contributed by atoms with Crippen molar-refractivity contribution in [3.63, 3.8) is 0 Å². The summed E-state index contributed by atoms with van der Waals surface area (Å²) in [6, 6.07) is 17.9. The molecule has 2 nitrogen and oxygen atoms in total. The van der Waals surface area contributed by atoms with Gasteiger partial charge < -0.3 is 9.47 Å². The van der Waals surface area contributed by atoms with Crippen LogP contribution in [0.4, 0.5) is 0 Å². The summed E-state index contributed by atoms with van der Waals surface area (Å²) in [6.45, 7) is 6.10. The zero-order chi connectivity index (χ0) is 18.0. The summed E-state index contributed by atoms with van der Waals surface area (Å²) in [5, 5.41) is 0. The average Bonchev–Trinajstić information content (AvgIpc) is 2.48. The quantitative estimate of drug-likeness (QED) is 0.395. The lowest BCUT2D eigenvalue weighted by atomic mass is 10.2. The Kier molecular flexibility index (Phi) is 5.50. The molecule has 0 amide bonds. The summed E-state index contributed by atoms with van der Waals surface area (Å²) < 4.78 is 14.1. The molecule has 4 heteroatoms. The van der Waals surface area contributed by atoms with Crippen LogP contribution >= 0.6 is 31.9 Å². The zero-order valence-corrected chi connectivity index (χ0v) is 17.4. The van der Waals surface area contributed by atoms with Gasteiger partial charge in [0.1, 0.15) is 23.0 Å². The second kappa shape index (κ2) is 7.63. The fraction of sp³-hybridized carbons (Fsp3) is 0.143. The van der Waals surface area contributed by atoms with Gasteiger partial charge in [-0.15, -0.1) is 0 Å². The monoisotopic (exact) mass is 460 g/mol. The van der Waals surface area contributed by atoms with Gasteiger partial charge in [0, 0.05) is 15.0 Å². The number of aryl methyl sites for hydroxylation is 3. The molecule has 3 aromatic carbocycles. The second-order valence-electron chi connectivity index (χ2n) is 6.06. The van der Waals surface area contributed by atoms with Crippen molar-refractivity contribution >= 4 is 31.9 Å². The van der Waals surface area contributed by atoms with E-state index in [1.807, 2.05) is 69.3 Å². The smallest absolute Gasteiger partial charge is 0.134 e. The van der Waals surface area contributed by atoms with Gasteiger partial charge in [-0.25, -0.2) is 0 Å². The molecule has 0 saturated carbocycles. The molecular formula is C21H18Br2O2. The number of hydrogen-bond acceptors (Lipinski definition) is 2. The normalized spacial score (nSPS) is 10.6. The largest absolute Gasteiger partial charge is 0.457 e. The number of ether oxygens (including phenoxy) is 2. The maximum absolute atomic E-state index is 6.08. The standard InChI is InChI=1S/C21H18Br2O2/c1-13-6-16(22)10-19(8-13)24-18-5-4-15(3)21(12-18)25-20-9-14(2)7-17(23)11-20/h4-12H,1-3H3. The van der Waals surface area contributed by atoms with Gasteiger partial charge in [0.05, 0.1) is 0 Å². The van der Waals surface area contributed by atoms with Gasteiger partial charge in [-0.2, -0.15) is 0 Å². The van der Waals surface area contributed by atoms with Gasteiger partial charge in [0.2, 0.25) is 0 Å².